The van der Waals surface area contributed by atoms with Gasteiger partial charge in [0.2, 0.25) is 0 Å². The zero-order valence-electron chi connectivity index (χ0n) is 14.1. The Kier molecular flexibility index (Phi) is 4.48. The molecule has 5 nitrogen and oxygen atoms in total. The highest BCUT2D eigenvalue weighted by molar-refractivity contribution is 5.92. The quantitative estimate of drug-likeness (QED) is 0.791. The minimum Gasteiger partial charge on any atom is -0.478 e. The molecular formula is C20H18N2O3. The van der Waals surface area contributed by atoms with Crippen molar-refractivity contribution < 1.29 is 9.90 Å². The lowest BCUT2D eigenvalue weighted by atomic mass is 10.1. The number of hydrogen-bond donors (Lipinski definition) is 1. The van der Waals surface area contributed by atoms with Gasteiger partial charge in [0.25, 0.3) is 5.56 Å². The van der Waals surface area contributed by atoms with Gasteiger partial charge in [-0.2, -0.15) is 0 Å². The lowest BCUT2D eigenvalue weighted by molar-refractivity contribution is 0.0697. The Morgan fingerprint density at radius 2 is 1.96 bits per heavy atom. The summed E-state index contributed by atoms with van der Waals surface area (Å²) in [6.45, 7) is 4.35. The molecule has 0 unspecified atom stereocenters. The third kappa shape index (κ3) is 3.21. The van der Waals surface area contributed by atoms with Crippen LogP contribution in [-0.4, -0.2) is 20.6 Å². The largest absolute Gasteiger partial charge is 0.478 e. The van der Waals surface area contributed by atoms with Crippen LogP contribution < -0.4 is 5.56 Å². The van der Waals surface area contributed by atoms with Crippen LogP contribution in [0.25, 0.3) is 23.2 Å². The average Bonchev–Trinajstić information content (AvgIpc) is 2.60. The summed E-state index contributed by atoms with van der Waals surface area (Å²) in [5.41, 5.74) is 3.48. The van der Waals surface area contributed by atoms with Crippen molar-refractivity contribution in [3.8, 4) is 0 Å². The maximum atomic E-state index is 12.7. The summed E-state index contributed by atoms with van der Waals surface area (Å²) in [6.07, 6.45) is 3.54. The van der Waals surface area contributed by atoms with Crippen molar-refractivity contribution in [3.63, 3.8) is 0 Å². The average molecular weight is 334 g/mol. The zero-order chi connectivity index (χ0) is 18.0. The van der Waals surface area contributed by atoms with Gasteiger partial charge >= 0.3 is 5.97 Å². The van der Waals surface area contributed by atoms with Crippen molar-refractivity contribution in [2.75, 3.05) is 0 Å². The maximum Gasteiger partial charge on any atom is 0.335 e. The molecule has 1 aromatic heterocycles. The molecule has 0 atom stereocenters. The number of benzene rings is 2. The predicted octanol–water partition coefficient (Wildman–Crippen LogP) is 3.59. The van der Waals surface area contributed by atoms with Crippen molar-refractivity contribution in [2.24, 2.45) is 0 Å². The number of rotatable bonds is 4. The second-order valence-electron chi connectivity index (χ2n) is 5.75. The van der Waals surface area contributed by atoms with E-state index in [9.17, 15) is 9.59 Å². The standard InChI is InChI=1S/C20H18N2O3/c1-3-22-18-11-9-15(20(24)25)12-17(18)21-16(19(22)23)10-8-14-7-5-4-6-13(14)2/h4-12H,3H2,1-2H3,(H,24,25)/b10-8+. The number of nitrogens with zero attached hydrogens (tertiary/aromatic N) is 2. The fourth-order valence-corrected chi connectivity index (χ4v) is 2.76. The van der Waals surface area contributed by atoms with E-state index in [0.29, 0.717) is 23.3 Å². The van der Waals surface area contributed by atoms with E-state index in [2.05, 4.69) is 4.98 Å². The summed E-state index contributed by atoms with van der Waals surface area (Å²) in [4.78, 5) is 28.2. The number of aryl methyl sites for hydroxylation is 2. The first-order valence-corrected chi connectivity index (χ1v) is 8.03. The van der Waals surface area contributed by atoms with Crippen LogP contribution in [0.2, 0.25) is 0 Å². The summed E-state index contributed by atoms with van der Waals surface area (Å²) in [6, 6.07) is 12.5. The number of aromatic carboxylic acids is 1. The summed E-state index contributed by atoms with van der Waals surface area (Å²) in [5, 5.41) is 9.17. The fraction of sp³-hybridized carbons (Fsp3) is 0.150. The monoisotopic (exact) mass is 334 g/mol. The van der Waals surface area contributed by atoms with Gasteiger partial charge < -0.3 is 9.67 Å². The first-order valence-electron chi connectivity index (χ1n) is 8.03. The molecule has 0 aliphatic heterocycles. The number of carbonyl (C=O) groups is 1. The molecule has 0 saturated heterocycles. The first kappa shape index (κ1) is 16.6. The van der Waals surface area contributed by atoms with Crippen molar-refractivity contribution in [1.82, 2.24) is 9.55 Å². The zero-order valence-corrected chi connectivity index (χ0v) is 14.1. The molecule has 0 radical (unpaired) electrons. The van der Waals surface area contributed by atoms with Crippen molar-refractivity contribution in [2.45, 2.75) is 20.4 Å². The van der Waals surface area contributed by atoms with E-state index < -0.39 is 5.97 Å². The Morgan fingerprint density at radius 3 is 2.64 bits per heavy atom. The number of hydrogen-bond acceptors (Lipinski definition) is 3. The molecule has 1 heterocycles. The Bertz CT molecular complexity index is 1050. The maximum absolute atomic E-state index is 12.7. The molecular weight excluding hydrogens is 316 g/mol. The molecule has 2 aromatic carbocycles. The van der Waals surface area contributed by atoms with E-state index in [1.54, 1.807) is 16.7 Å². The molecule has 5 heteroatoms. The normalized spacial score (nSPS) is 11.3. The molecule has 0 amide bonds. The molecule has 0 fully saturated rings. The number of carboxylic acids is 1. The molecule has 3 aromatic rings. The van der Waals surface area contributed by atoms with Crippen LogP contribution in [0.4, 0.5) is 0 Å². The highest BCUT2D eigenvalue weighted by Crippen LogP contribution is 2.15. The Labute approximate surface area is 144 Å². The summed E-state index contributed by atoms with van der Waals surface area (Å²) in [7, 11) is 0. The molecule has 126 valence electrons. The lowest BCUT2D eigenvalue weighted by Gasteiger charge is -2.09. The van der Waals surface area contributed by atoms with Crippen LogP contribution in [0.15, 0.2) is 47.3 Å². The van der Waals surface area contributed by atoms with Crippen LogP contribution in [0.1, 0.15) is 34.1 Å². The van der Waals surface area contributed by atoms with Gasteiger partial charge in [-0.25, -0.2) is 9.78 Å². The second-order valence-corrected chi connectivity index (χ2v) is 5.75. The summed E-state index contributed by atoms with van der Waals surface area (Å²) >= 11 is 0. The summed E-state index contributed by atoms with van der Waals surface area (Å²) in [5.74, 6) is -1.02. The molecule has 0 saturated carbocycles. The molecule has 1 N–H and O–H groups in total. The first-order chi connectivity index (χ1) is 12.0. The van der Waals surface area contributed by atoms with Crippen molar-refractivity contribution in [3.05, 3.63) is 75.2 Å². The van der Waals surface area contributed by atoms with E-state index in [1.807, 2.05) is 44.2 Å². The van der Waals surface area contributed by atoms with Gasteiger partial charge in [-0.1, -0.05) is 30.3 Å². The molecule has 0 bridgehead atoms. The Hall–Kier alpha value is -3.21. The van der Waals surface area contributed by atoms with E-state index in [-0.39, 0.29) is 11.1 Å². The van der Waals surface area contributed by atoms with Crippen LogP contribution in [0.5, 0.6) is 0 Å². The lowest BCUT2D eigenvalue weighted by Crippen LogP contribution is -2.23. The third-order valence-electron chi connectivity index (χ3n) is 4.14. The SMILES string of the molecule is CCn1c(=O)c(/C=C/c2ccccc2C)nc2cc(C(=O)O)ccc21. The smallest absolute Gasteiger partial charge is 0.335 e. The Balaban J connectivity index is 2.17. The summed E-state index contributed by atoms with van der Waals surface area (Å²) < 4.78 is 1.60. The van der Waals surface area contributed by atoms with Gasteiger partial charge in [-0.05, 0) is 49.2 Å². The van der Waals surface area contributed by atoms with Gasteiger partial charge in [0, 0.05) is 6.54 Å². The fourth-order valence-electron chi connectivity index (χ4n) is 2.76. The van der Waals surface area contributed by atoms with Crippen molar-refractivity contribution >= 4 is 29.2 Å². The van der Waals surface area contributed by atoms with E-state index in [4.69, 9.17) is 5.11 Å². The van der Waals surface area contributed by atoms with E-state index >= 15 is 0 Å². The molecule has 0 aliphatic rings. The minimum atomic E-state index is -1.02. The molecule has 3 rings (SSSR count). The van der Waals surface area contributed by atoms with Crippen LogP contribution >= 0.6 is 0 Å². The predicted molar refractivity (Wildman–Crippen MR) is 98.7 cm³/mol. The Morgan fingerprint density at radius 1 is 1.20 bits per heavy atom. The van der Waals surface area contributed by atoms with Gasteiger partial charge in [-0.3, -0.25) is 4.79 Å². The topological polar surface area (TPSA) is 72.2 Å². The third-order valence-corrected chi connectivity index (χ3v) is 4.14. The van der Waals surface area contributed by atoms with E-state index in [0.717, 1.165) is 11.1 Å². The van der Waals surface area contributed by atoms with Crippen LogP contribution in [0, 0.1) is 6.92 Å². The minimum absolute atomic E-state index is 0.148. The van der Waals surface area contributed by atoms with Crippen molar-refractivity contribution in [1.29, 1.82) is 0 Å². The van der Waals surface area contributed by atoms with Gasteiger partial charge in [0.15, 0.2) is 0 Å². The van der Waals surface area contributed by atoms with Gasteiger partial charge in [0.05, 0.1) is 16.6 Å². The van der Waals surface area contributed by atoms with Crippen LogP contribution in [0.3, 0.4) is 0 Å². The molecule has 25 heavy (non-hydrogen) atoms. The van der Waals surface area contributed by atoms with Gasteiger partial charge in [0.1, 0.15) is 5.69 Å². The van der Waals surface area contributed by atoms with Gasteiger partial charge in [-0.15, -0.1) is 0 Å². The highest BCUT2D eigenvalue weighted by Gasteiger charge is 2.11. The highest BCUT2D eigenvalue weighted by atomic mass is 16.4. The second kappa shape index (κ2) is 6.73. The van der Waals surface area contributed by atoms with Crippen LogP contribution in [-0.2, 0) is 6.54 Å². The number of carboxylic acid groups (broad SMARTS) is 1. The molecule has 0 aliphatic carbocycles. The number of fused-ring (bicyclic) bond motifs is 1. The van der Waals surface area contributed by atoms with E-state index in [1.165, 1.54) is 12.1 Å². The number of aromatic nitrogens is 2. The molecule has 0 spiro atoms.